The van der Waals surface area contributed by atoms with E-state index in [1.165, 1.54) is 16.2 Å². The van der Waals surface area contributed by atoms with Crippen molar-refractivity contribution in [3.8, 4) is 0 Å². The van der Waals surface area contributed by atoms with Crippen molar-refractivity contribution in [2.75, 3.05) is 24.3 Å². The van der Waals surface area contributed by atoms with Crippen LogP contribution < -0.4 is 4.90 Å². The predicted octanol–water partition coefficient (Wildman–Crippen LogP) is 5.50. The minimum Gasteiger partial charge on any atom is -0.376 e. The molecule has 0 unspecified atom stereocenters. The van der Waals surface area contributed by atoms with Crippen LogP contribution >= 0.6 is 34.7 Å². The van der Waals surface area contributed by atoms with Crippen LogP contribution in [0, 0.1) is 0 Å². The lowest BCUT2D eigenvalue weighted by Crippen LogP contribution is -2.37. The number of aromatic nitrogens is 1. The third kappa shape index (κ3) is 3.99. The predicted molar refractivity (Wildman–Crippen MR) is 114 cm³/mol. The molecule has 2 heterocycles. The second kappa shape index (κ2) is 8.19. The lowest BCUT2D eigenvalue weighted by Gasteiger charge is -2.23. The average molecular weight is 419 g/mol. The number of halogens is 1. The van der Waals surface area contributed by atoms with Crippen molar-refractivity contribution in [3.05, 3.63) is 53.1 Å². The van der Waals surface area contributed by atoms with E-state index in [1.54, 1.807) is 28.8 Å². The third-order valence-corrected chi connectivity index (χ3v) is 6.67. The van der Waals surface area contributed by atoms with E-state index in [2.05, 4.69) is 12.1 Å². The fourth-order valence-electron chi connectivity index (χ4n) is 3.16. The summed E-state index contributed by atoms with van der Waals surface area (Å²) in [5.41, 5.74) is 1.39. The number of thiazole rings is 1. The SMILES string of the molecule is CSc1ccc2nc(N(C[C@@H]3CCCO3)C(=O)c3ccccc3Cl)sc2c1. The second-order valence-electron chi connectivity index (χ2n) is 6.36. The Balaban J connectivity index is 1.73. The van der Waals surface area contributed by atoms with Gasteiger partial charge in [0, 0.05) is 11.5 Å². The van der Waals surface area contributed by atoms with Crippen molar-refractivity contribution >= 4 is 56.0 Å². The zero-order valence-electron chi connectivity index (χ0n) is 14.9. The van der Waals surface area contributed by atoms with Gasteiger partial charge in [0.05, 0.1) is 33.5 Å². The number of carbonyl (C=O) groups is 1. The summed E-state index contributed by atoms with van der Waals surface area (Å²) in [4.78, 5) is 20.9. The first-order chi connectivity index (χ1) is 13.2. The molecule has 7 heteroatoms. The summed E-state index contributed by atoms with van der Waals surface area (Å²) >= 11 is 9.51. The molecule has 1 saturated heterocycles. The highest BCUT2D eigenvalue weighted by molar-refractivity contribution is 7.98. The highest BCUT2D eigenvalue weighted by Gasteiger charge is 2.28. The van der Waals surface area contributed by atoms with Gasteiger partial charge in [-0.1, -0.05) is 35.1 Å². The molecule has 140 valence electrons. The van der Waals surface area contributed by atoms with E-state index in [0.717, 1.165) is 29.7 Å². The number of hydrogen-bond donors (Lipinski definition) is 0. The van der Waals surface area contributed by atoms with Gasteiger partial charge < -0.3 is 4.74 Å². The van der Waals surface area contributed by atoms with Gasteiger partial charge in [-0.05, 0) is 49.4 Å². The van der Waals surface area contributed by atoms with Gasteiger partial charge in [-0.25, -0.2) is 4.98 Å². The molecule has 4 nitrogen and oxygen atoms in total. The number of benzene rings is 2. The van der Waals surface area contributed by atoms with E-state index in [4.69, 9.17) is 21.3 Å². The Kier molecular flexibility index (Phi) is 5.68. The number of nitrogens with zero attached hydrogens (tertiary/aromatic N) is 2. The lowest BCUT2D eigenvalue weighted by molar-refractivity contribution is 0.0917. The highest BCUT2D eigenvalue weighted by Crippen LogP contribution is 2.33. The first kappa shape index (κ1) is 18.7. The van der Waals surface area contributed by atoms with Crippen molar-refractivity contribution in [1.29, 1.82) is 0 Å². The van der Waals surface area contributed by atoms with Crippen molar-refractivity contribution in [2.24, 2.45) is 0 Å². The van der Waals surface area contributed by atoms with Crippen LogP contribution in [0.1, 0.15) is 23.2 Å². The smallest absolute Gasteiger partial charge is 0.261 e. The summed E-state index contributed by atoms with van der Waals surface area (Å²) in [7, 11) is 0. The quantitative estimate of drug-likeness (QED) is 0.513. The van der Waals surface area contributed by atoms with Crippen LogP contribution in [-0.2, 0) is 4.74 Å². The van der Waals surface area contributed by atoms with Crippen molar-refractivity contribution < 1.29 is 9.53 Å². The van der Waals surface area contributed by atoms with Gasteiger partial charge >= 0.3 is 0 Å². The van der Waals surface area contributed by atoms with Gasteiger partial charge in [0.2, 0.25) is 0 Å². The first-order valence-electron chi connectivity index (χ1n) is 8.78. The van der Waals surface area contributed by atoms with E-state index in [1.807, 2.05) is 24.5 Å². The lowest BCUT2D eigenvalue weighted by atomic mass is 10.1. The van der Waals surface area contributed by atoms with Crippen LogP contribution in [0.25, 0.3) is 10.2 Å². The normalized spacial score (nSPS) is 16.7. The van der Waals surface area contributed by atoms with E-state index in [9.17, 15) is 4.79 Å². The van der Waals surface area contributed by atoms with Crippen LogP contribution in [0.5, 0.6) is 0 Å². The highest BCUT2D eigenvalue weighted by atomic mass is 35.5. The summed E-state index contributed by atoms with van der Waals surface area (Å²) in [6.07, 6.45) is 4.06. The Hall–Kier alpha value is -1.60. The van der Waals surface area contributed by atoms with Gasteiger partial charge in [0.1, 0.15) is 0 Å². The summed E-state index contributed by atoms with van der Waals surface area (Å²) in [5, 5.41) is 1.13. The number of thioether (sulfide) groups is 1. The van der Waals surface area contributed by atoms with E-state index < -0.39 is 0 Å². The Morgan fingerprint density at radius 2 is 2.22 bits per heavy atom. The van der Waals surface area contributed by atoms with Gasteiger partial charge in [-0.3, -0.25) is 9.69 Å². The zero-order chi connectivity index (χ0) is 18.8. The molecule has 0 saturated carbocycles. The summed E-state index contributed by atoms with van der Waals surface area (Å²) in [6, 6.07) is 13.3. The molecule has 0 aliphatic carbocycles. The number of rotatable bonds is 5. The number of anilines is 1. The molecule has 0 bridgehead atoms. The number of carbonyl (C=O) groups excluding carboxylic acids is 1. The van der Waals surface area contributed by atoms with E-state index in [-0.39, 0.29) is 12.0 Å². The topological polar surface area (TPSA) is 42.4 Å². The van der Waals surface area contributed by atoms with E-state index in [0.29, 0.717) is 22.3 Å². The Bertz CT molecular complexity index is 970. The van der Waals surface area contributed by atoms with Crippen LogP contribution in [-0.4, -0.2) is 36.4 Å². The monoisotopic (exact) mass is 418 g/mol. The minimum absolute atomic E-state index is 0.0326. The van der Waals surface area contributed by atoms with Gasteiger partial charge in [-0.2, -0.15) is 0 Å². The molecule has 0 N–H and O–H groups in total. The van der Waals surface area contributed by atoms with Crippen molar-refractivity contribution in [1.82, 2.24) is 4.98 Å². The molecule has 2 aromatic carbocycles. The molecule has 0 spiro atoms. The average Bonchev–Trinajstić information content (AvgIpc) is 3.34. The number of ether oxygens (including phenoxy) is 1. The van der Waals surface area contributed by atoms with Crippen LogP contribution in [0.3, 0.4) is 0 Å². The molecule has 1 aliphatic heterocycles. The third-order valence-electron chi connectivity index (χ3n) is 4.57. The first-order valence-corrected chi connectivity index (χ1v) is 11.2. The molecule has 27 heavy (non-hydrogen) atoms. The number of amides is 1. The molecule has 4 rings (SSSR count). The van der Waals surface area contributed by atoms with Crippen LogP contribution in [0.4, 0.5) is 5.13 Å². The van der Waals surface area contributed by atoms with Gasteiger partial charge in [-0.15, -0.1) is 11.8 Å². The van der Waals surface area contributed by atoms with Crippen molar-refractivity contribution in [2.45, 2.75) is 23.8 Å². The molecule has 1 aromatic heterocycles. The van der Waals surface area contributed by atoms with Crippen LogP contribution in [0.2, 0.25) is 5.02 Å². The minimum atomic E-state index is -0.139. The fourth-order valence-corrected chi connectivity index (χ4v) is 4.90. The summed E-state index contributed by atoms with van der Waals surface area (Å²) < 4.78 is 6.85. The molecule has 1 aliphatic rings. The molecule has 1 atom stereocenters. The standard InChI is InChI=1S/C20H19ClN2O2S2/c1-26-14-8-9-17-18(11-14)27-20(22-17)23(12-13-5-4-10-25-13)19(24)15-6-2-3-7-16(15)21/h2-3,6-9,11,13H,4-5,10,12H2,1H3/t13-/m0/s1. The molecule has 0 radical (unpaired) electrons. The molecular weight excluding hydrogens is 400 g/mol. The Morgan fingerprint density at radius 1 is 1.37 bits per heavy atom. The van der Waals surface area contributed by atoms with Crippen molar-refractivity contribution in [3.63, 3.8) is 0 Å². The maximum absolute atomic E-state index is 13.3. The summed E-state index contributed by atoms with van der Waals surface area (Å²) in [6.45, 7) is 1.23. The molecule has 1 fully saturated rings. The van der Waals surface area contributed by atoms with Crippen LogP contribution in [0.15, 0.2) is 47.4 Å². The zero-order valence-corrected chi connectivity index (χ0v) is 17.2. The molecule has 3 aromatic rings. The molecular formula is C20H19ClN2O2S2. The van der Waals surface area contributed by atoms with Gasteiger partial charge in [0.25, 0.3) is 5.91 Å². The molecule has 1 amide bonds. The maximum Gasteiger partial charge on any atom is 0.261 e. The summed E-state index contributed by atoms with van der Waals surface area (Å²) in [5.74, 6) is -0.139. The fraction of sp³-hybridized carbons (Fsp3) is 0.300. The number of hydrogen-bond acceptors (Lipinski definition) is 5. The maximum atomic E-state index is 13.3. The Morgan fingerprint density at radius 3 is 2.96 bits per heavy atom. The Labute approximate surface area is 171 Å². The number of fused-ring (bicyclic) bond motifs is 1. The second-order valence-corrected chi connectivity index (χ2v) is 8.66. The van der Waals surface area contributed by atoms with Gasteiger partial charge in [0.15, 0.2) is 5.13 Å². The largest absolute Gasteiger partial charge is 0.376 e. The van der Waals surface area contributed by atoms with E-state index >= 15 is 0 Å².